The van der Waals surface area contributed by atoms with Crippen molar-refractivity contribution in [3.63, 3.8) is 0 Å². The number of alkyl halides is 1. The van der Waals surface area contributed by atoms with Crippen molar-refractivity contribution in [1.82, 2.24) is 5.32 Å². The highest BCUT2D eigenvalue weighted by molar-refractivity contribution is 5.73. The van der Waals surface area contributed by atoms with Crippen molar-refractivity contribution in [2.24, 2.45) is 0 Å². The van der Waals surface area contributed by atoms with Crippen molar-refractivity contribution in [1.29, 1.82) is 0 Å². The fourth-order valence-corrected chi connectivity index (χ4v) is 1.35. The van der Waals surface area contributed by atoms with Gasteiger partial charge in [0.2, 0.25) is 5.91 Å². The molecular weight excluding hydrogens is 241 g/mol. The number of carbonyl (C=O) groups excluding carboxylic acids is 3. The van der Waals surface area contributed by atoms with E-state index >= 15 is 0 Å². The summed E-state index contributed by atoms with van der Waals surface area (Å²) in [5.41, 5.74) is 0.879. The lowest BCUT2D eigenvalue weighted by Gasteiger charge is -2.13. The zero-order valence-corrected chi connectivity index (χ0v) is 9.85. The van der Waals surface area contributed by atoms with Crippen molar-refractivity contribution in [3.05, 3.63) is 29.8 Å². The first-order chi connectivity index (χ1) is 8.53. The molecule has 0 heterocycles. The molecule has 0 aromatic heterocycles. The Balaban J connectivity index is 0.000000873. The van der Waals surface area contributed by atoms with E-state index in [0.29, 0.717) is 6.42 Å². The standard InChI is InChI=1S/C11H14FNO2.CO2/c1-8(14)13-10(7-12)6-9-2-4-11(15)5-3-9;2-1-3/h2-5,10,15H,6-7H2,1H3,(H,13,14);. The maximum absolute atomic E-state index is 12.5. The van der Waals surface area contributed by atoms with Crippen LogP contribution in [-0.2, 0) is 20.8 Å². The van der Waals surface area contributed by atoms with Crippen LogP contribution in [0.25, 0.3) is 0 Å². The van der Waals surface area contributed by atoms with E-state index in [1.165, 1.54) is 6.92 Å². The Morgan fingerprint density at radius 3 is 2.28 bits per heavy atom. The molecule has 0 aliphatic rings. The predicted molar refractivity (Wildman–Crippen MR) is 60.4 cm³/mol. The number of phenols is 1. The topological polar surface area (TPSA) is 83.5 Å². The van der Waals surface area contributed by atoms with Crippen LogP contribution in [0.2, 0.25) is 0 Å². The number of phenolic OH excluding ortho intramolecular Hbond substituents is 1. The van der Waals surface area contributed by atoms with Crippen molar-refractivity contribution in [3.8, 4) is 5.75 Å². The summed E-state index contributed by atoms with van der Waals surface area (Å²) >= 11 is 0. The Morgan fingerprint density at radius 1 is 1.39 bits per heavy atom. The first-order valence-corrected chi connectivity index (χ1v) is 5.13. The largest absolute Gasteiger partial charge is 0.508 e. The molecule has 1 atom stereocenters. The summed E-state index contributed by atoms with van der Waals surface area (Å²) in [6, 6.07) is 6.00. The molecular formula is C12H14FNO4. The number of carbonyl (C=O) groups is 1. The molecule has 5 nitrogen and oxygen atoms in total. The van der Waals surface area contributed by atoms with E-state index < -0.39 is 12.7 Å². The monoisotopic (exact) mass is 255 g/mol. The van der Waals surface area contributed by atoms with Crippen LogP contribution >= 0.6 is 0 Å². The second-order valence-corrected chi connectivity index (χ2v) is 3.51. The molecule has 0 fully saturated rings. The Morgan fingerprint density at radius 2 is 1.89 bits per heavy atom. The molecule has 0 spiro atoms. The van der Waals surface area contributed by atoms with Gasteiger partial charge in [-0.25, -0.2) is 4.39 Å². The van der Waals surface area contributed by atoms with Crippen LogP contribution in [-0.4, -0.2) is 29.9 Å². The zero-order valence-electron chi connectivity index (χ0n) is 9.85. The highest BCUT2D eigenvalue weighted by atomic mass is 19.1. The highest BCUT2D eigenvalue weighted by Crippen LogP contribution is 2.11. The maximum atomic E-state index is 12.5. The number of hydrogen-bond donors (Lipinski definition) is 2. The second-order valence-electron chi connectivity index (χ2n) is 3.51. The number of aromatic hydroxyl groups is 1. The van der Waals surface area contributed by atoms with Crippen LogP contribution in [0, 0.1) is 0 Å². The lowest BCUT2D eigenvalue weighted by molar-refractivity contribution is -0.191. The van der Waals surface area contributed by atoms with Crippen LogP contribution in [0.4, 0.5) is 4.39 Å². The van der Waals surface area contributed by atoms with Gasteiger partial charge in [0.25, 0.3) is 0 Å². The molecule has 1 aromatic rings. The molecule has 6 heteroatoms. The summed E-state index contributed by atoms with van der Waals surface area (Å²) in [5.74, 6) is -0.0634. The first kappa shape index (κ1) is 15.8. The van der Waals surface area contributed by atoms with Gasteiger partial charge >= 0.3 is 6.15 Å². The molecule has 0 saturated carbocycles. The number of benzene rings is 1. The summed E-state index contributed by atoms with van der Waals surface area (Å²) in [6.07, 6.45) is 0.677. The van der Waals surface area contributed by atoms with Gasteiger partial charge in [0.15, 0.2) is 0 Å². The van der Waals surface area contributed by atoms with Gasteiger partial charge in [-0.1, -0.05) is 12.1 Å². The van der Waals surface area contributed by atoms with E-state index in [4.69, 9.17) is 14.7 Å². The smallest absolute Gasteiger partial charge is 0.373 e. The number of nitrogens with one attached hydrogen (secondary N) is 1. The molecule has 0 saturated heterocycles. The Kier molecular flexibility index (Phi) is 7.81. The number of amides is 1. The normalized spacial score (nSPS) is 10.6. The average Bonchev–Trinajstić information content (AvgIpc) is 2.31. The maximum Gasteiger partial charge on any atom is 0.373 e. The minimum Gasteiger partial charge on any atom is -0.508 e. The van der Waals surface area contributed by atoms with Crippen molar-refractivity contribution < 1.29 is 23.9 Å². The Hall–Kier alpha value is -2.20. The van der Waals surface area contributed by atoms with E-state index in [-0.39, 0.29) is 17.8 Å². The Bertz CT molecular complexity index is 399. The molecule has 1 unspecified atom stereocenters. The van der Waals surface area contributed by atoms with Crippen LogP contribution in [0.5, 0.6) is 5.75 Å². The van der Waals surface area contributed by atoms with Crippen LogP contribution in [0.15, 0.2) is 24.3 Å². The summed E-state index contributed by atoms with van der Waals surface area (Å²) in [4.78, 5) is 27.0. The molecule has 0 aliphatic heterocycles. The molecule has 1 rings (SSSR count). The van der Waals surface area contributed by atoms with Crippen molar-refractivity contribution in [2.45, 2.75) is 19.4 Å². The first-order valence-electron chi connectivity index (χ1n) is 5.13. The van der Waals surface area contributed by atoms with Gasteiger partial charge in [-0.15, -0.1) is 0 Å². The van der Waals surface area contributed by atoms with E-state index in [9.17, 15) is 9.18 Å². The van der Waals surface area contributed by atoms with Crippen LogP contribution < -0.4 is 5.32 Å². The van der Waals surface area contributed by atoms with Gasteiger partial charge in [-0.3, -0.25) is 4.79 Å². The lowest BCUT2D eigenvalue weighted by Crippen LogP contribution is -2.36. The SMILES string of the molecule is CC(=O)NC(CF)Cc1ccc(O)cc1.O=C=O. The second kappa shape index (κ2) is 8.90. The van der Waals surface area contributed by atoms with Gasteiger partial charge in [0.1, 0.15) is 12.4 Å². The molecule has 0 aliphatic carbocycles. The van der Waals surface area contributed by atoms with E-state index in [1.807, 2.05) is 0 Å². The third-order valence-corrected chi connectivity index (χ3v) is 2.01. The van der Waals surface area contributed by atoms with E-state index in [0.717, 1.165) is 5.56 Å². The fraction of sp³-hybridized carbons (Fsp3) is 0.333. The van der Waals surface area contributed by atoms with E-state index in [2.05, 4.69) is 5.32 Å². The minimum atomic E-state index is -0.597. The molecule has 0 radical (unpaired) electrons. The quantitative estimate of drug-likeness (QED) is 0.834. The van der Waals surface area contributed by atoms with Crippen LogP contribution in [0.3, 0.4) is 0 Å². The van der Waals surface area contributed by atoms with Gasteiger partial charge in [0, 0.05) is 6.92 Å². The number of halogens is 1. The summed E-state index contributed by atoms with van der Waals surface area (Å²) < 4.78 is 12.5. The van der Waals surface area contributed by atoms with E-state index in [1.54, 1.807) is 24.3 Å². The van der Waals surface area contributed by atoms with Gasteiger partial charge in [-0.05, 0) is 24.1 Å². The summed E-state index contributed by atoms with van der Waals surface area (Å²) in [5, 5.41) is 11.6. The Labute approximate surface area is 104 Å². The molecule has 2 N–H and O–H groups in total. The van der Waals surface area contributed by atoms with Gasteiger partial charge < -0.3 is 10.4 Å². The molecule has 98 valence electrons. The third kappa shape index (κ3) is 7.14. The molecule has 1 aromatic carbocycles. The predicted octanol–water partition coefficient (Wildman–Crippen LogP) is 0.825. The van der Waals surface area contributed by atoms with Gasteiger partial charge in [-0.2, -0.15) is 9.59 Å². The van der Waals surface area contributed by atoms with Crippen LogP contribution in [0.1, 0.15) is 12.5 Å². The molecule has 1 amide bonds. The summed E-state index contributed by atoms with van der Waals surface area (Å²) in [6.45, 7) is 0.764. The highest BCUT2D eigenvalue weighted by Gasteiger charge is 2.10. The lowest BCUT2D eigenvalue weighted by atomic mass is 10.1. The molecule has 18 heavy (non-hydrogen) atoms. The number of rotatable bonds is 4. The third-order valence-electron chi connectivity index (χ3n) is 2.01. The average molecular weight is 255 g/mol. The number of hydrogen-bond acceptors (Lipinski definition) is 4. The minimum absolute atomic E-state index is 0.176. The van der Waals surface area contributed by atoms with Crippen molar-refractivity contribution >= 4 is 12.1 Å². The molecule has 0 bridgehead atoms. The summed E-state index contributed by atoms with van der Waals surface area (Å²) in [7, 11) is 0. The fourth-order valence-electron chi connectivity index (χ4n) is 1.35. The zero-order chi connectivity index (χ0) is 14.0. The van der Waals surface area contributed by atoms with Gasteiger partial charge in [0.05, 0.1) is 6.04 Å². The van der Waals surface area contributed by atoms with Crippen molar-refractivity contribution in [2.75, 3.05) is 6.67 Å².